The molecule has 0 aliphatic carbocycles. The number of hydrogen-bond donors (Lipinski definition) is 1. The number of fused-ring (bicyclic) bond motifs is 1. The van der Waals surface area contributed by atoms with Crippen LogP contribution < -0.4 is 5.32 Å². The summed E-state index contributed by atoms with van der Waals surface area (Å²) in [6.07, 6.45) is -0.651. The topological polar surface area (TPSA) is 58.2 Å². The average Bonchev–Trinajstić information content (AvgIpc) is 2.83. The molecule has 6 heteroatoms. The lowest BCUT2D eigenvalue weighted by molar-refractivity contribution is -0.226. The molecule has 0 saturated carbocycles. The third kappa shape index (κ3) is 3.65. The normalized spacial score (nSPS) is 36.6. The highest BCUT2D eigenvalue weighted by Crippen LogP contribution is 2.38. The molecule has 4 atom stereocenters. The smallest absolute Gasteiger partial charge is 0.186 e. The molecule has 2 aliphatic rings. The van der Waals surface area contributed by atoms with Crippen molar-refractivity contribution in [1.82, 2.24) is 5.32 Å². The Balaban J connectivity index is 1.81. The molecular formula is C13H25NO5. The predicted octanol–water partition coefficient (Wildman–Crippen LogP) is 0.504. The van der Waals surface area contributed by atoms with E-state index in [1.807, 2.05) is 20.8 Å². The van der Waals surface area contributed by atoms with Crippen LogP contribution in [0.15, 0.2) is 0 Å². The van der Waals surface area contributed by atoms with Gasteiger partial charge in [0.1, 0.15) is 18.3 Å². The van der Waals surface area contributed by atoms with Crippen LogP contribution in [0, 0.1) is 0 Å². The first-order valence-electron chi connectivity index (χ1n) is 6.89. The van der Waals surface area contributed by atoms with Crippen molar-refractivity contribution >= 4 is 0 Å². The minimum absolute atomic E-state index is 0.0571. The SMILES string of the molecule is CCOCCNCC1OC(OC)C2OC(C)(C)OC12. The number of ether oxygens (including phenoxy) is 5. The maximum Gasteiger partial charge on any atom is 0.186 e. The fraction of sp³-hybridized carbons (Fsp3) is 1.00. The van der Waals surface area contributed by atoms with Crippen molar-refractivity contribution in [3.8, 4) is 0 Å². The lowest BCUT2D eigenvalue weighted by Gasteiger charge is -2.23. The van der Waals surface area contributed by atoms with E-state index in [4.69, 9.17) is 23.7 Å². The Hall–Kier alpha value is -0.240. The molecule has 0 aromatic rings. The van der Waals surface area contributed by atoms with E-state index in [0.717, 1.165) is 13.2 Å². The van der Waals surface area contributed by atoms with E-state index in [9.17, 15) is 0 Å². The van der Waals surface area contributed by atoms with E-state index in [2.05, 4.69) is 5.32 Å². The van der Waals surface area contributed by atoms with E-state index in [0.29, 0.717) is 13.2 Å². The van der Waals surface area contributed by atoms with Crippen LogP contribution in [-0.2, 0) is 23.7 Å². The third-order valence-electron chi connectivity index (χ3n) is 3.31. The van der Waals surface area contributed by atoms with Gasteiger partial charge in [-0.25, -0.2) is 0 Å². The van der Waals surface area contributed by atoms with Gasteiger partial charge in [-0.05, 0) is 20.8 Å². The molecule has 0 radical (unpaired) electrons. The number of hydrogen-bond acceptors (Lipinski definition) is 6. The van der Waals surface area contributed by atoms with Gasteiger partial charge in [0.05, 0.1) is 6.61 Å². The molecule has 0 bridgehead atoms. The summed E-state index contributed by atoms with van der Waals surface area (Å²) in [5.74, 6) is -0.570. The van der Waals surface area contributed by atoms with Gasteiger partial charge >= 0.3 is 0 Å². The second-order valence-corrected chi connectivity index (χ2v) is 5.24. The first-order chi connectivity index (χ1) is 9.07. The molecule has 2 fully saturated rings. The fourth-order valence-corrected chi connectivity index (χ4v) is 2.53. The van der Waals surface area contributed by atoms with Crippen LogP contribution in [0.1, 0.15) is 20.8 Å². The van der Waals surface area contributed by atoms with Crippen molar-refractivity contribution in [1.29, 1.82) is 0 Å². The minimum atomic E-state index is -0.570. The van der Waals surface area contributed by atoms with E-state index in [-0.39, 0.29) is 24.6 Å². The van der Waals surface area contributed by atoms with Gasteiger partial charge in [-0.15, -0.1) is 0 Å². The van der Waals surface area contributed by atoms with E-state index in [1.54, 1.807) is 7.11 Å². The predicted molar refractivity (Wildman–Crippen MR) is 68.9 cm³/mol. The van der Waals surface area contributed by atoms with Gasteiger partial charge in [0.25, 0.3) is 0 Å². The molecule has 2 saturated heterocycles. The Bertz CT molecular complexity index is 286. The van der Waals surface area contributed by atoms with Crippen LogP contribution in [0.25, 0.3) is 0 Å². The highest BCUT2D eigenvalue weighted by atomic mass is 16.8. The van der Waals surface area contributed by atoms with Gasteiger partial charge in [-0.3, -0.25) is 0 Å². The van der Waals surface area contributed by atoms with Crippen LogP contribution in [0.4, 0.5) is 0 Å². The van der Waals surface area contributed by atoms with Gasteiger partial charge in [0.15, 0.2) is 12.1 Å². The van der Waals surface area contributed by atoms with Gasteiger partial charge in [-0.1, -0.05) is 0 Å². The first-order valence-corrected chi connectivity index (χ1v) is 6.89. The van der Waals surface area contributed by atoms with Crippen molar-refractivity contribution in [3.63, 3.8) is 0 Å². The lowest BCUT2D eigenvalue weighted by Crippen LogP contribution is -2.38. The molecule has 4 unspecified atom stereocenters. The average molecular weight is 275 g/mol. The van der Waals surface area contributed by atoms with Crippen LogP contribution in [0.2, 0.25) is 0 Å². The van der Waals surface area contributed by atoms with Gasteiger partial charge in [-0.2, -0.15) is 0 Å². The molecule has 19 heavy (non-hydrogen) atoms. The molecule has 0 spiro atoms. The number of methoxy groups -OCH3 is 1. The van der Waals surface area contributed by atoms with E-state index < -0.39 is 5.79 Å². The Labute approximate surface area is 114 Å². The molecule has 0 amide bonds. The monoisotopic (exact) mass is 275 g/mol. The van der Waals surface area contributed by atoms with E-state index in [1.165, 1.54) is 0 Å². The highest BCUT2D eigenvalue weighted by molar-refractivity contribution is 4.95. The highest BCUT2D eigenvalue weighted by Gasteiger charge is 2.55. The van der Waals surface area contributed by atoms with Crippen LogP contribution in [0.5, 0.6) is 0 Å². The Kier molecular flexibility index (Phi) is 5.16. The summed E-state index contributed by atoms with van der Waals surface area (Å²) in [6, 6.07) is 0. The van der Waals surface area contributed by atoms with Gasteiger partial charge in [0.2, 0.25) is 0 Å². The van der Waals surface area contributed by atoms with Gasteiger partial charge < -0.3 is 29.0 Å². The van der Waals surface area contributed by atoms with Crippen LogP contribution >= 0.6 is 0 Å². The number of rotatable bonds is 7. The van der Waals surface area contributed by atoms with Crippen molar-refractivity contribution < 1.29 is 23.7 Å². The zero-order chi connectivity index (χ0) is 13.9. The molecule has 2 aliphatic heterocycles. The Morgan fingerprint density at radius 3 is 2.63 bits per heavy atom. The molecule has 2 heterocycles. The molecule has 0 aromatic heterocycles. The second-order valence-electron chi connectivity index (χ2n) is 5.24. The molecule has 0 aromatic carbocycles. The van der Waals surface area contributed by atoms with Crippen molar-refractivity contribution in [2.75, 3.05) is 33.4 Å². The van der Waals surface area contributed by atoms with Crippen molar-refractivity contribution in [2.24, 2.45) is 0 Å². The second kappa shape index (κ2) is 6.47. The summed E-state index contributed by atoms with van der Waals surface area (Å²) >= 11 is 0. The zero-order valence-electron chi connectivity index (χ0n) is 12.2. The van der Waals surface area contributed by atoms with Crippen LogP contribution in [0.3, 0.4) is 0 Å². The maximum atomic E-state index is 5.90. The maximum absolute atomic E-state index is 5.90. The Morgan fingerprint density at radius 1 is 1.21 bits per heavy atom. The summed E-state index contributed by atoms with van der Waals surface area (Å²) in [4.78, 5) is 0. The Morgan fingerprint density at radius 2 is 1.95 bits per heavy atom. The van der Waals surface area contributed by atoms with Crippen molar-refractivity contribution in [3.05, 3.63) is 0 Å². The fourth-order valence-electron chi connectivity index (χ4n) is 2.53. The molecule has 1 N–H and O–H groups in total. The molecule has 6 nitrogen and oxygen atoms in total. The summed E-state index contributed by atoms with van der Waals surface area (Å²) in [5.41, 5.74) is 0. The summed E-state index contributed by atoms with van der Waals surface area (Å²) in [7, 11) is 1.63. The largest absolute Gasteiger partial charge is 0.380 e. The summed E-state index contributed by atoms with van der Waals surface area (Å²) < 4.78 is 28.1. The minimum Gasteiger partial charge on any atom is -0.380 e. The zero-order valence-corrected chi connectivity index (χ0v) is 12.2. The quantitative estimate of drug-likeness (QED) is 0.683. The van der Waals surface area contributed by atoms with Crippen LogP contribution in [-0.4, -0.2) is 63.8 Å². The molecular weight excluding hydrogens is 250 g/mol. The van der Waals surface area contributed by atoms with E-state index >= 15 is 0 Å². The molecule has 112 valence electrons. The summed E-state index contributed by atoms with van der Waals surface area (Å²) in [5, 5.41) is 3.31. The standard InChI is InChI=1S/C13H25NO5/c1-5-16-7-6-14-8-9-10-11(12(15-4)17-9)19-13(2,3)18-10/h9-12,14H,5-8H2,1-4H3. The number of nitrogens with one attached hydrogen (secondary N) is 1. The third-order valence-corrected chi connectivity index (χ3v) is 3.31. The molecule has 2 rings (SSSR count). The van der Waals surface area contributed by atoms with Crippen molar-refractivity contribution in [2.45, 2.75) is 51.2 Å². The lowest BCUT2D eigenvalue weighted by atomic mass is 10.1. The first kappa shape index (κ1) is 15.2. The van der Waals surface area contributed by atoms with Gasteiger partial charge in [0, 0.05) is 26.8 Å². The summed E-state index contributed by atoms with van der Waals surface area (Å²) in [6.45, 7) is 8.76.